The Labute approximate surface area is 248 Å². The van der Waals surface area contributed by atoms with Gasteiger partial charge in [0.1, 0.15) is 5.69 Å². The van der Waals surface area contributed by atoms with Crippen LogP contribution in [-0.4, -0.2) is 71.1 Å². The van der Waals surface area contributed by atoms with Crippen LogP contribution in [0.1, 0.15) is 54.0 Å². The summed E-state index contributed by atoms with van der Waals surface area (Å²) in [6.45, 7) is 10.6. The van der Waals surface area contributed by atoms with E-state index in [1.807, 2.05) is 77.4 Å². The summed E-state index contributed by atoms with van der Waals surface area (Å²) in [5.74, 6) is -0.0339. The van der Waals surface area contributed by atoms with Gasteiger partial charge in [-0.15, -0.1) is 0 Å². The molecule has 218 valence electrons. The summed E-state index contributed by atoms with van der Waals surface area (Å²) >= 11 is 0. The number of hydrogen-bond donors (Lipinski definition) is 0. The Morgan fingerprint density at radius 2 is 1.60 bits per heavy atom. The third-order valence-electron chi connectivity index (χ3n) is 9.17. The summed E-state index contributed by atoms with van der Waals surface area (Å²) in [4.78, 5) is 34.2. The first-order valence-corrected chi connectivity index (χ1v) is 14.9. The molecule has 42 heavy (non-hydrogen) atoms. The summed E-state index contributed by atoms with van der Waals surface area (Å²) in [5, 5.41) is 0. The van der Waals surface area contributed by atoms with E-state index in [1.165, 1.54) is 0 Å². The maximum Gasteiger partial charge on any atom is 0.270 e. The number of carbonyl (C=O) groups is 2. The highest BCUT2D eigenvalue weighted by Crippen LogP contribution is 2.39. The van der Waals surface area contributed by atoms with Crippen LogP contribution in [0, 0.1) is 0 Å². The number of carbonyl (C=O) groups excluding carboxylic acids is 2. The predicted molar refractivity (Wildman–Crippen MR) is 166 cm³/mol. The predicted octanol–water partition coefficient (Wildman–Crippen LogP) is 5.23. The number of rotatable bonds is 5. The summed E-state index contributed by atoms with van der Waals surface area (Å²) < 4.78 is 8.12. The van der Waals surface area contributed by atoms with Gasteiger partial charge >= 0.3 is 0 Å². The molecule has 2 aliphatic heterocycles. The summed E-state index contributed by atoms with van der Waals surface area (Å²) in [6.07, 6.45) is 5.97. The Balaban J connectivity index is 1.29. The lowest BCUT2D eigenvalue weighted by Crippen LogP contribution is -2.51. The molecule has 1 fully saturated rings. The maximum absolute atomic E-state index is 14.3. The Kier molecular flexibility index (Phi) is 7.64. The summed E-state index contributed by atoms with van der Waals surface area (Å²) in [7, 11) is 1.70. The first-order valence-electron chi connectivity index (χ1n) is 14.9. The van der Waals surface area contributed by atoms with Gasteiger partial charge < -0.3 is 19.1 Å². The van der Waals surface area contributed by atoms with Gasteiger partial charge in [-0.05, 0) is 56.2 Å². The van der Waals surface area contributed by atoms with Gasteiger partial charge in [0, 0.05) is 62.2 Å². The van der Waals surface area contributed by atoms with Crippen molar-refractivity contribution in [2.45, 2.75) is 51.4 Å². The van der Waals surface area contributed by atoms with Gasteiger partial charge in [0.2, 0.25) is 0 Å². The van der Waals surface area contributed by atoms with Crippen LogP contribution in [0.5, 0.6) is 0 Å². The van der Waals surface area contributed by atoms with Gasteiger partial charge in [0.05, 0.1) is 18.7 Å². The number of methoxy groups -OCH3 is 1. The topological polar surface area (TPSA) is 58.0 Å². The third-order valence-corrected chi connectivity index (χ3v) is 9.17. The van der Waals surface area contributed by atoms with Crippen molar-refractivity contribution in [3.8, 4) is 0 Å². The third kappa shape index (κ3) is 5.12. The second-order valence-corrected chi connectivity index (χ2v) is 12.0. The largest absolute Gasteiger partial charge is 0.373 e. The van der Waals surface area contributed by atoms with Crippen molar-refractivity contribution >= 4 is 17.5 Å². The van der Waals surface area contributed by atoms with Crippen molar-refractivity contribution in [2.75, 3.05) is 38.2 Å². The Hall–Kier alpha value is -3.94. The normalized spacial score (nSPS) is 22.4. The average molecular weight is 565 g/mol. The molecule has 3 heterocycles. The minimum Gasteiger partial charge on any atom is -0.373 e. The van der Waals surface area contributed by atoms with Gasteiger partial charge in [0.25, 0.3) is 11.8 Å². The van der Waals surface area contributed by atoms with Crippen molar-refractivity contribution in [2.24, 2.45) is 0 Å². The second kappa shape index (κ2) is 11.4. The molecule has 2 aromatic carbocycles. The molecule has 0 N–H and O–H groups in total. The van der Waals surface area contributed by atoms with Gasteiger partial charge in [0.15, 0.2) is 0 Å². The highest BCUT2D eigenvalue weighted by molar-refractivity contribution is 6.08. The monoisotopic (exact) mass is 564 g/mol. The van der Waals surface area contributed by atoms with E-state index < -0.39 is 5.60 Å². The smallest absolute Gasteiger partial charge is 0.270 e. The van der Waals surface area contributed by atoms with Crippen LogP contribution in [0.25, 0.3) is 0 Å². The minimum absolute atomic E-state index is 0.00937. The van der Waals surface area contributed by atoms with Gasteiger partial charge in [-0.2, -0.15) is 0 Å². The van der Waals surface area contributed by atoms with Gasteiger partial charge in [-0.1, -0.05) is 60.7 Å². The molecule has 6 rings (SSSR count). The van der Waals surface area contributed by atoms with Crippen molar-refractivity contribution in [1.82, 2.24) is 14.4 Å². The average Bonchev–Trinajstić information content (AvgIpc) is 3.33. The number of piperazine rings is 1. The molecule has 0 bridgehead atoms. The molecule has 7 heteroatoms. The molecule has 3 aromatic rings. The second-order valence-electron chi connectivity index (χ2n) is 12.0. The number of hydrogen-bond acceptors (Lipinski definition) is 4. The molecule has 7 nitrogen and oxygen atoms in total. The minimum atomic E-state index is -0.675. The number of amides is 2. The Morgan fingerprint density at radius 3 is 2.31 bits per heavy atom. The molecule has 0 saturated carbocycles. The molecule has 1 aromatic heterocycles. The molecule has 2 unspecified atom stereocenters. The highest BCUT2D eigenvalue weighted by Gasteiger charge is 2.37. The molecule has 2 atom stereocenters. The Morgan fingerprint density at radius 1 is 0.881 bits per heavy atom. The SMILES string of the molecule is COC1(C)C=C(C(=O)N2Cc3ccc(C(=O)N4CCN(C(C)C)CC4)n3Cc3ccccc32)C=CC1c1ccccc1. The number of para-hydroxylation sites is 1. The van der Waals surface area contributed by atoms with Crippen LogP contribution in [0.3, 0.4) is 0 Å². The quantitative estimate of drug-likeness (QED) is 0.426. The summed E-state index contributed by atoms with van der Waals surface area (Å²) in [5.41, 5.74) is 4.57. The zero-order chi connectivity index (χ0) is 29.4. The number of nitrogens with zero attached hydrogens (tertiary/aromatic N) is 4. The van der Waals surface area contributed by atoms with Crippen LogP contribution in [-0.2, 0) is 22.6 Å². The first kappa shape index (κ1) is 28.2. The lowest BCUT2D eigenvalue weighted by Gasteiger charge is -2.37. The van der Waals surface area contributed by atoms with Crippen LogP contribution in [0.4, 0.5) is 5.69 Å². The van der Waals surface area contributed by atoms with Crippen molar-refractivity contribution in [3.05, 3.63) is 113 Å². The fraction of sp³-hybridized carbons (Fsp3) is 0.371. The van der Waals surface area contributed by atoms with Gasteiger partial charge in [-0.3, -0.25) is 14.5 Å². The molecular formula is C35H40N4O3. The first-order chi connectivity index (χ1) is 20.3. The van der Waals surface area contributed by atoms with Crippen molar-refractivity contribution in [3.63, 3.8) is 0 Å². The number of ether oxygens (including phenoxy) is 1. The van der Waals surface area contributed by atoms with Crippen LogP contribution < -0.4 is 4.90 Å². The zero-order valence-electron chi connectivity index (χ0n) is 25.0. The van der Waals surface area contributed by atoms with E-state index in [4.69, 9.17) is 4.74 Å². The highest BCUT2D eigenvalue weighted by atomic mass is 16.5. The van der Waals surface area contributed by atoms with Crippen molar-refractivity contribution < 1.29 is 14.3 Å². The molecule has 2 amide bonds. The maximum atomic E-state index is 14.3. The van der Waals surface area contributed by atoms with E-state index in [2.05, 4.69) is 47.6 Å². The molecule has 1 aliphatic carbocycles. The number of anilines is 1. The van der Waals surface area contributed by atoms with Crippen LogP contribution >= 0.6 is 0 Å². The zero-order valence-corrected chi connectivity index (χ0v) is 25.0. The molecule has 0 radical (unpaired) electrons. The van der Waals surface area contributed by atoms with Crippen molar-refractivity contribution in [1.29, 1.82) is 0 Å². The van der Waals surface area contributed by atoms with Gasteiger partial charge in [-0.25, -0.2) is 0 Å². The standard InChI is InChI=1S/C35H40N4O3/c1-25(2)36-18-20-37(21-19-36)34(41)32-17-15-29-24-39(31-13-9-8-12-28(31)23-38(29)32)33(40)27-14-16-30(35(3,22-27)42-4)26-10-6-5-7-11-26/h5-17,22,25,30H,18-21,23-24H2,1-4H3. The lowest BCUT2D eigenvalue weighted by atomic mass is 9.78. The lowest BCUT2D eigenvalue weighted by molar-refractivity contribution is -0.115. The molecule has 0 spiro atoms. The van der Waals surface area contributed by atoms with Crippen LogP contribution in [0.15, 0.2) is 90.5 Å². The number of benzene rings is 2. The van der Waals surface area contributed by atoms with E-state index in [9.17, 15) is 9.59 Å². The van der Waals surface area contributed by atoms with E-state index >= 15 is 0 Å². The van der Waals surface area contributed by atoms with E-state index in [0.29, 0.717) is 30.4 Å². The fourth-order valence-electron chi connectivity index (χ4n) is 6.55. The van der Waals surface area contributed by atoms with Crippen LogP contribution in [0.2, 0.25) is 0 Å². The number of fused-ring (bicyclic) bond motifs is 2. The van der Waals surface area contributed by atoms with E-state index in [0.717, 1.165) is 48.7 Å². The number of aromatic nitrogens is 1. The fourth-order valence-corrected chi connectivity index (χ4v) is 6.55. The molecule has 3 aliphatic rings. The van der Waals surface area contributed by atoms with E-state index in [-0.39, 0.29) is 17.7 Å². The molecule has 1 saturated heterocycles. The van der Waals surface area contributed by atoms with E-state index in [1.54, 1.807) is 7.11 Å². The summed E-state index contributed by atoms with van der Waals surface area (Å²) in [6, 6.07) is 22.7. The Bertz CT molecular complexity index is 1530. The molecular weight excluding hydrogens is 524 g/mol.